The molecule has 384 valence electrons. The highest BCUT2D eigenvalue weighted by molar-refractivity contribution is 5.91. The molecule has 4 atom stereocenters. The number of aliphatic hydroxyl groups is 1. The minimum Gasteiger partial charge on any atom is -0.467 e. The van der Waals surface area contributed by atoms with Gasteiger partial charge in [0.25, 0.3) is 5.69 Å². The van der Waals surface area contributed by atoms with Crippen LogP contribution in [-0.2, 0) is 64.2 Å². The number of ether oxygens (including phenoxy) is 4. The zero-order valence-corrected chi connectivity index (χ0v) is 40.8. The molecule has 2 saturated carbocycles. The highest BCUT2D eigenvalue weighted by Gasteiger charge is 2.50. The first kappa shape index (κ1) is 53.8. The van der Waals surface area contributed by atoms with E-state index in [-0.39, 0.29) is 61.6 Å². The van der Waals surface area contributed by atoms with E-state index < -0.39 is 59.1 Å². The van der Waals surface area contributed by atoms with Gasteiger partial charge in [0.15, 0.2) is 0 Å². The van der Waals surface area contributed by atoms with E-state index in [9.17, 15) is 38.9 Å². The molecular formula is C53H64N6O13. The first-order valence-electron chi connectivity index (χ1n) is 24.1. The predicted octanol–water partition coefficient (Wildman–Crippen LogP) is 6.03. The molecule has 4 heterocycles. The normalized spacial score (nSPS) is 21.2. The molecule has 2 unspecified atom stereocenters. The Labute approximate surface area is 418 Å². The van der Waals surface area contributed by atoms with Gasteiger partial charge in [-0.15, -0.1) is 0 Å². The summed E-state index contributed by atoms with van der Waals surface area (Å²) in [5, 5.41) is 23.5. The summed E-state index contributed by atoms with van der Waals surface area (Å²) in [6.45, 7) is 0.247. The number of methoxy groups -OCH3 is 2. The lowest BCUT2D eigenvalue weighted by atomic mass is 9.74. The molecule has 2 aliphatic carbocycles. The standard InChI is InChI=1S/C26H29N3O7.C26H31N3O5.CH4O/c1-35-25(31)22(15-17-7-11-21(12-8-17)29(33)34)27-24(30)23-19-9-13-20(14-10-19)28(23)26(32)36-16-18-5-3-2-4-6-18;1-33-25(31)22(15-17-7-11-20(27)12-8-17)28-24(30)23-19-9-13-21(14-10-19)29(23)26(32)34-16-18-5-3-2-4-6-18;1-2/h2-8,11-12,19-20,22-23H,9-10,13-16H2,1H3,(H,27,30);2-8,11-12,19,21-23H,9-10,13-16,27H2,1H3,(H,28,30);2H,1H3/t19?,20?,22-,23?;19?,21?,22-,23?;/m00./s1. The SMILES string of the molecule is CO.COC(=O)[C@H](Cc1ccc(N)cc1)NC(=O)C1C2CCC(CC2)N1C(=O)OCc1ccccc1.COC(=O)[C@H](Cc1ccc([N+](=O)[O-])cc1)NC(=O)C1C2CCC(CC2)N1C(=O)OCc1ccccc1. The zero-order chi connectivity index (χ0) is 51.7. The number of fused-ring (bicyclic) bond motifs is 6. The van der Waals surface area contributed by atoms with E-state index in [0.29, 0.717) is 11.3 Å². The Balaban J connectivity index is 0.000000228. The molecule has 4 aromatic rings. The molecule has 10 rings (SSSR count). The van der Waals surface area contributed by atoms with Gasteiger partial charge in [0.05, 0.1) is 19.1 Å². The first-order valence-corrected chi connectivity index (χ1v) is 24.1. The van der Waals surface area contributed by atoms with E-state index in [0.717, 1.165) is 75.2 Å². The molecule has 72 heavy (non-hydrogen) atoms. The molecule has 4 bridgehead atoms. The summed E-state index contributed by atoms with van der Waals surface area (Å²) in [4.78, 5) is 91.7. The number of nitro groups is 1. The maximum atomic E-state index is 13.5. The topological polar surface area (TPSA) is 259 Å². The summed E-state index contributed by atoms with van der Waals surface area (Å²) < 4.78 is 21.0. The van der Waals surface area contributed by atoms with Crippen molar-refractivity contribution in [2.24, 2.45) is 11.8 Å². The number of hydrogen-bond donors (Lipinski definition) is 4. The van der Waals surface area contributed by atoms with Crippen molar-refractivity contribution < 1.29 is 57.7 Å². The Kier molecular flexibility index (Phi) is 19.5. The maximum absolute atomic E-state index is 13.5. The Hall–Kier alpha value is -7.54. The lowest BCUT2D eigenvalue weighted by Crippen LogP contribution is -2.64. The van der Waals surface area contributed by atoms with Crippen LogP contribution in [0.3, 0.4) is 0 Å². The molecule has 4 amide bonds. The number of aliphatic hydroxyl groups excluding tert-OH is 1. The second-order valence-electron chi connectivity index (χ2n) is 18.2. The van der Waals surface area contributed by atoms with Crippen molar-refractivity contribution in [3.05, 3.63) is 142 Å². The van der Waals surface area contributed by atoms with Crippen molar-refractivity contribution >= 4 is 47.3 Å². The van der Waals surface area contributed by atoms with E-state index in [2.05, 4.69) is 10.6 Å². The zero-order valence-electron chi connectivity index (χ0n) is 40.8. The lowest BCUT2D eigenvalue weighted by molar-refractivity contribution is -0.384. The summed E-state index contributed by atoms with van der Waals surface area (Å²) in [6.07, 6.45) is 5.99. The molecule has 6 fully saturated rings. The Morgan fingerprint density at radius 1 is 0.583 bits per heavy atom. The van der Waals surface area contributed by atoms with Crippen LogP contribution < -0.4 is 16.4 Å². The largest absolute Gasteiger partial charge is 0.467 e. The van der Waals surface area contributed by atoms with Crippen molar-refractivity contribution in [1.29, 1.82) is 0 Å². The van der Waals surface area contributed by atoms with Crippen LogP contribution in [0.15, 0.2) is 109 Å². The van der Waals surface area contributed by atoms with Crippen LogP contribution >= 0.6 is 0 Å². The van der Waals surface area contributed by atoms with Crippen molar-refractivity contribution in [3.8, 4) is 0 Å². The molecule has 19 heteroatoms. The van der Waals surface area contributed by atoms with Gasteiger partial charge in [0, 0.05) is 49.9 Å². The maximum Gasteiger partial charge on any atom is 0.411 e. The summed E-state index contributed by atoms with van der Waals surface area (Å²) in [5.74, 6) is -1.96. The van der Waals surface area contributed by atoms with Crippen molar-refractivity contribution in [2.45, 2.75) is 114 Å². The Morgan fingerprint density at radius 3 is 1.29 bits per heavy atom. The number of esters is 2. The molecular weight excluding hydrogens is 929 g/mol. The molecule has 4 aliphatic heterocycles. The number of benzene rings is 4. The number of nitro benzene ring substituents is 1. The van der Waals surface area contributed by atoms with Gasteiger partial charge in [-0.25, -0.2) is 19.2 Å². The van der Waals surface area contributed by atoms with Crippen molar-refractivity contribution in [2.75, 3.05) is 27.1 Å². The fourth-order valence-corrected chi connectivity index (χ4v) is 10.2. The predicted molar refractivity (Wildman–Crippen MR) is 263 cm³/mol. The number of piperidine rings is 4. The number of carbonyl (C=O) groups is 6. The number of amides is 4. The average Bonchev–Trinajstić information content (AvgIpc) is 3.42. The average molecular weight is 993 g/mol. The van der Waals surface area contributed by atoms with Crippen molar-refractivity contribution in [1.82, 2.24) is 20.4 Å². The number of nitrogens with one attached hydrogen (secondary N) is 2. The van der Waals surface area contributed by atoms with Crippen LogP contribution in [0.4, 0.5) is 21.0 Å². The van der Waals surface area contributed by atoms with Crippen LogP contribution in [0.5, 0.6) is 0 Å². The van der Waals surface area contributed by atoms with Crippen LogP contribution in [0.2, 0.25) is 0 Å². The van der Waals surface area contributed by atoms with Gasteiger partial charge < -0.3 is 40.4 Å². The fourth-order valence-electron chi connectivity index (χ4n) is 10.2. The molecule has 4 aromatic carbocycles. The lowest BCUT2D eigenvalue weighted by Gasteiger charge is -2.49. The number of anilines is 1. The van der Waals surface area contributed by atoms with E-state index in [4.69, 9.17) is 29.8 Å². The first-order chi connectivity index (χ1) is 34.8. The number of hydrogen-bond acceptors (Lipinski definition) is 14. The van der Waals surface area contributed by atoms with E-state index in [1.807, 2.05) is 72.8 Å². The third kappa shape index (κ3) is 13.9. The van der Waals surface area contributed by atoms with Gasteiger partial charge in [-0.3, -0.25) is 29.5 Å². The van der Waals surface area contributed by atoms with E-state index >= 15 is 0 Å². The number of nitrogens with zero attached hydrogens (tertiary/aromatic N) is 3. The smallest absolute Gasteiger partial charge is 0.411 e. The van der Waals surface area contributed by atoms with Crippen LogP contribution in [-0.4, -0.2) is 113 Å². The summed E-state index contributed by atoms with van der Waals surface area (Å²) >= 11 is 0. The molecule has 0 radical (unpaired) electrons. The second kappa shape index (κ2) is 26.1. The molecule has 4 saturated heterocycles. The van der Waals surface area contributed by atoms with Gasteiger partial charge in [-0.1, -0.05) is 84.9 Å². The summed E-state index contributed by atoms with van der Waals surface area (Å²) in [7, 11) is 3.52. The Morgan fingerprint density at radius 2 is 0.944 bits per heavy atom. The van der Waals surface area contributed by atoms with Crippen LogP contribution in [0.25, 0.3) is 0 Å². The monoisotopic (exact) mass is 992 g/mol. The molecule has 0 spiro atoms. The van der Waals surface area contributed by atoms with Gasteiger partial charge in [-0.2, -0.15) is 0 Å². The van der Waals surface area contributed by atoms with Gasteiger partial charge in [-0.05, 0) is 97.6 Å². The minimum absolute atomic E-state index is 0.0306. The summed E-state index contributed by atoms with van der Waals surface area (Å²) in [5.41, 5.74) is 9.50. The third-order valence-electron chi connectivity index (χ3n) is 13.7. The Bertz CT molecular complexity index is 2450. The van der Waals surface area contributed by atoms with Gasteiger partial charge in [0.2, 0.25) is 11.8 Å². The molecule has 5 N–H and O–H groups in total. The summed E-state index contributed by atoms with van der Waals surface area (Å²) in [6, 6.07) is 28.2. The fraction of sp³-hybridized carbons (Fsp3) is 0.434. The number of carbonyl (C=O) groups excluding carboxylic acids is 6. The second-order valence-corrected chi connectivity index (χ2v) is 18.2. The molecule has 0 aromatic heterocycles. The van der Waals surface area contributed by atoms with Crippen molar-refractivity contribution in [3.63, 3.8) is 0 Å². The quantitative estimate of drug-likeness (QED) is 0.0349. The highest BCUT2D eigenvalue weighted by Crippen LogP contribution is 2.41. The molecule has 6 aliphatic rings. The third-order valence-corrected chi connectivity index (χ3v) is 13.7. The van der Waals surface area contributed by atoms with Gasteiger partial charge in [0.1, 0.15) is 37.4 Å². The van der Waals surface area contributed by atoms with Crippen LogP contribution in [0.1, 0.15) is 73.6 Å². The number of nitrogens with two attached hydrogens (primary N) is 1. The number of nitrogen functional groups attached to an aromatic ring is 1. The highest BCUT2D eigenvalue weighted by atomic mass is 16.6. The number of non-ortho nitro benzene ring substituents is 1. The number of rotatable bonds is 15. The van der Waals surface area contributed by atoms with Gasteiger partial charge >= 0.3 is 24.1 Å². The minimum atomic E-state index is -1.01. The van der Waals surface area contributed by atoms with E-state index in [1.54, 1.807) is 17.0 Å². The molecule has 19 nitrogen and oxygen atoms in total. The van der Waals surface area contributed by atoms with E-state index in [1.165, 1.54) is 43.4 Å². The van der Waals surface area contributed by atoms with Crippen LogP contribution in [0, 0.1) is 22.0 Å².